The fraction of sp³-hybridized carbons (Fsp3) is 0.412. The van der Waals surface area contributed by atoms with Gasteiger partial charge in [0.1, 0.15) is 17.6 Å². The number of ether oxygens (including phenoxy) is 1. The van der Waals surface area contributed by atoms with Crippen molar-refractivity contribution in [3.05, 3.63) is 41.8 Å². The van der Waals surface area contributed by atoms with Crippen LogP contribution in [0.15, 0.2) is 34.9 Å². The fourth-order valence-electron chi connectivity index (χ4n) is 1.97. The van der Waals surface area contributed by atoms with Gasteiger partial charge in [-0.15, -0.1) is 0 Å². The van der Waals surface area contributed by atoms with Gasteiger partial charge in [0.05, 0.1) is 0 Å². The van der Waals surface area contributed by atoms with E-state index in [0.717, 1.165) is 37.9 Å². The lowest BCUT2D eigenvalue weighted by Crippen LogP contribution is -2.08. The highest BCUT2D eigenvalue weighted by molar-refractivity contribution is 5.71. The summed E-state index contributed by atoms with van der Waals surface area (Å²) in [4.78, 5) is 10.5. The van der Waals surface area contributed by atoms with Crippen LogP contribution in [0.5, 0.6) is 0 Å². The Kier molecular flexibility index (Phi) is 6.50. The molecule has 2 rings (SSSR count). The Morgan fingerprint density at radius 3 is 3.19 bits per heavy atom. The maximum atomic E-state index is 10.5. The lowest BCUT2D eigenvalue weighted by Gasteiger charge is -2.08. The van der Waals surface area contributed by atoms with Crippen LogP contribution >= 0.6 is 0 Å². The number of aryl methyl sites for hydroxylation is 1. The summed E-state index contributed by atoms with van der Waals surface area (Å²) >= 11 is 0. The first-order chi connectivity index (χ1) is 10.4. The van der Waals surface area contributed by atoms with E-state index in [9.17, 15) is 4.79 Å². The summed E-state index contributed by atoms with van der Waals surface area (Å²) in [6, 6.07) is 1.69. The van der Waals surface area contributed by atoms with E-state index in [1.165, 1.54) is 0 Å². The Morgan fingerprint density at radius 2 is 2.33 bits per heavy atom. The molecule has 1 heterocycles. The second kappa shape index (κ2) is 8.93. The predicted molar refractivity (Wildman–Crippen MR) is 79.9 cm³/mol. The molecule has 0 N–H and O–H groups in total. The number of nitrogens with zero attached hydrogens (tertiary/aromatic N) is 1. The molecule has 0 saturated carbocycles. The van der Waals surface area contributed by atoms with Gasteiger partial charge in [-0.1, -0.05) is 41.6 Å². The fourth-order valence-corrected chi connectivity index (χ4v) is 1.97. The number of aromatic nitrogens is 1. The Hall–Kier alpha value is -2.12. The summed E-state index contributed by atoms with van der Waals surface area (Å²) in [6.07, 6.45) is 13.2. The highest BCUT2D eigenvalue weighted by atomic mass is 16.5. The van der Waals surface area contributed by atoms with E-state index < -0.39 is 0 Å². The van der Waals surface area contributed by atoms with Crippen LogP contribution < -0.4 is 0 Å². The number of hydrogen-bond acceptors (Lipinski definition) is 4. The first-order valence-electron chi connectivity index (χ1n) is 7.22. The van der Waals surface area contributed by atoms with Crippen molar-refractivity contribution < 1.29 is 14.1 Å². The van der Waals surface area contributed by atoms with Crippen LogP contribution in [0.4, 0.5) is 0 Å². The summed E-state index contributed by atoms with van der Waals surface area (Å²) < 4.78 is 10.8. The molecule has 0 aliphatic heterocycles. The van der Waals surface area contributed by atoms with E-state index in [0.29, 0.717) is 18.6 Å². The molecular formula is C17H19NO3. The average Bonchev–Trinajstić information content (AvgIpc) is 2.92. The lowest BCUT2D eigenvalue weighted by atomic mass is 10.1. The molecule has 1 unspecified atom stereocenters. The van der Waals surface area contributed by atoms with Gasteiger partial charge < -0.3 is 9.26 Å². The maximum absolute atomic E-state index is 10.5. The van der Waals surface area contributed by atoms with Crippen molar-refractivity contribution in [3.63, 3.8) is 0 Å². The molecule has 0 saturated heterocycles. The maximum Gasteiger partial charge on any atom is 0.171 e. The molecule has 4 nitrogen and oxygen atoms in total. The number of rotatable bonds is 8. The van der Waals surface area contributed by atoms with Crippen LogP contribution in [0.25, 0.3) is 0 Å². The van der Waals surface area contributed by atoms with E-state index >= 15 is 0 Å². The standard InChI is InChI=1S/C17H19NO3/c19-14-15-13-17(21-18-15)11-7-4-8-12-20-16-9-5-2-1-3-6-10-16/h1-2,5,9,13-14,16H,3-4,7-8,11-12H2/b2-1-,9-5?. The number of aldehydes is 1. The van der Waals surface area contributed by atoms with Crippen LogP contribution in [0.3, 0.4) is 0 Å². The monoisotopic (exact) mass is 285 g/mol. The van der Waals surface area contributed by atoms with Crippen LogP contribution in [0, 0.1) is 11.8 Å². The van der Waals surface area contributed by atoms with Crippen molar-refractivity contribution in [3.8, 4) is 11.8 Å². The van der Waals surface area contributed by atoms with Crippen LogP contribution in [-0.4, -0.2) is 24.2 Å². The van der Waals surface area contributed by atoms with Gasteiger partial charge in [0.2, 0.25) is 0 Å². The number of hydrogen-bond donors (Lipinski definition) is 0. The predicted octanol–water partition coefficient (Wildman–Crippen LogP) is 3.10. The number of allylic oxidation sites excluding steroid dienone is 3. The van der Waals surface area contributed by atoms with E-state index in [-0.39, 0.29) is 6.10 Å². The topological polar surface area (TPSA) is 52.3 Å². The van der Waals surface area contributed by atoms with Crippen molar-refractivity contribution >= 4 is 6.29 Å². The van der Waals surface area contributed by atoms with Gasteiger partial charge >= 0.3 is 0 Å². The first-order valence-corrected chi connectivity index (χ1v) is 7.22. The summed E-state index contributed by atoms with van der Waals surface area (Å²) in [5.74, 6) is 6.90. The molecule has 1 aliphatic carbocycles. The van der Waals surface area contributed by atoms with Crippen molar-refractivity contribution in [1.82, 2.24) is 5.16 Å². The number of unbranched alkanes of at least 4 members (excludes halogenated alkanes) is 2. The van der Waals surface area contributed by atoms with Crippen LogP contribution in [0.2, 0.25) is 0 Å². The smallest absolute Gasteiger partial charge is 0.171 e. The zero-order chi connectivity index (χ0) is 14.8. The normalized spacial score (nSPS) is 18.4. The second-order valence-electron chi connectivity index (χ2n) is 4.78. The minimum Gasteiger partial charge on any atom is -0.361 e. The van der Waals surface area contributed by atoms with Gasteiger partial charge in [-0.2, -0.15) is 0 Å². The zero-order valence-electron chi connectivity index (χ0n) is 12.0. The largest absolute Gasteiger partial charge is 0.361 e. The Balaban J connectivity index is 1.57. The molecule has 110 valence electrons. The molecular weight excluding hydrogens is 266 g/mol. The SMILES string of the molecule is O=Cc1cc(CCCCCOC2C#CC/C=C\C=C2)on1. The second-order valence-corrected chi connectivity index (χ2v) is 4.78. The van der Waals surface area contributed by atoms with E-state index in [1.807, 2.05) is 24.3 Å². The number of carbonyl (C=O) groups excluding carboxylic acids is 1. The molecule has 1 atom stereocenters. The van der Waals surface area contributed by atoms with Gasteiger partial charge in [0.15, 0.2) is 6.29 Å². The molecule has 0 bridgehead atoms. The van der Waals surface area contributed by atoms with Gasteiger partial charge in [-0.25, -0.2) is 0 Å². The van der Waals surface area contributed by atoms with E-state index in [2.05, 4.69) is 17.0 Å². The van der Waals surface area contributed by atoms with Crippen molar-refractivity contribution in [2.45, 2.75) is 38.2 Å². The molecule has 0 amide bonds. The van der Waals surface area contributed by atoms with Crippen LogP contribution in [0.1, 0.15) is 41.9 Å². The molecule has 0 fully saturated rings. The summed E-state index contributed by atoms with van der Waals surface area (Å²) in [6.45, 7) is 0.698. The van der Waals surface area contributed by atoms with Crippen molar-refractivity contribution in [2.75, 3.05) is 6.61 Å². The summed E-state index contributed by atoms with van der Waals surface area (Å²) in [7, 11) is 0. The zero-order valence-corrected chi connectivity index (χ0v) is 12.0. The van der Waals surface area contributed by atoms with Gasteiger partial charge in [0.25, 0.3) is 0 Å². The lowest BCUT2D eigenvalue weighted by molar-refractivity contribution is 0.111. The summed E-state index contributed by atoms with van der Waals surface area (Å²) in [5.41, 5.74) is 0.358. The van der Waals surface area contributed by atoms with E-state index in [1.54, 1.807) is 6.07 Å². The molecule has 1 aliphatic rings. The Labute approximate surface area is 124 Å². The van der Waals surface area contributed by atoms with Gasteiger partial charge in [-0.3, -0.25) is 4.79 Å². The third-order valence-corrected chi connectivity index (χ3v) is 3.06. The van der Waals surface area contributed by atoms with Gasteiger partial charge in [0, 0.05) is 25.5 Å². The van der Waals surface area contributed by atoms with E-state index in [4.69, 9.17) is 9.26 Å². The van der Waals surface area contributed by atoms with Gasteiger partial charge in [-0.05, 0) is 18.9 Å². The quantitative estimate of drug-likeness (QED) is 0.418. The molecule has 1 aromatic rings. The Bertz CT molecular complexity index is 560. The minimum atomic E-state index is -0.0978. The highest BCUT2D eigenvalue weighted by Crippen LogP contribution is 2.08. The number of carbonyl (C=O) groups is 1. The molecule has 0 aromatic carbocycles. The molecule has 4 heteroatoms. The average molecular weight is 285 g/mol. The van der Waals surface area contributed by atoms with Crippen LogP contribution in [-0.2, 0) is 11.2 Å². The first kappa shape index (κ1) is 15.3. The summed E-state index contributed by atoms with van der Waals surface area (Å²) in [5, 5.41) is 3.63. The molecule has 1 aromatic heterocycles. The third kappa shape index (κ3) is 5.80. The molecule has 0 radical (unpaired) electrons. The highest BCUT2D eigenvalue weighted by Gasteiger charge is 2.03. The minimum absolute atomic E-state index is 0.0978. The Morgan fingerprint density at radius 1 is 1.38 bits per heavy atom. The van der Waals surface area contributed by atoms with Crippen molar-refractivity contribution in [2.24, 2.45) is 0 Å². The van der Waals surface area contributed by atoms with Crippen molar-refractivity contribution in [1.29, 1.82) is 0 Å². The third-order valence-electron chi connectivity index (χ3n) is 3.06. The molecule has 0 spiro atoms. The molecule has 21 heavy (non-hydrogen) atoms.